The van der Waals surface area contributed by atoms with Gasteiger partial charge in [-0.3, -0.25) is 4.79 Å². The molecule has 6 nitrogen and oxygen atoms in total. The number of tetrazole rings is 1. The smallest absolute Gasteiger partial charge is 0.230 e. The minimum atomic E-state index is 0.0685. The van der Waals surface area contributed by atoms with Crippen LogP contribution in [0.15, 0.2) is 5.16 Å². The molecule has 7 heteroatoms. The molecule has 1 amide bonds. The van der Waals surface area contributed by atoms with E-state index in [-0.39, 0.29) is 5.91 Å². The molecule has 0 bridgehead atoms. The number of nitrogens with one attached hydrogen (secondary N) is 1. The van der Waals surface area contributed by atoms with Crippen LogP contribution in [0, 0.1) is 11.8 Å². The molecule has 1 fully saturated rings. The highest BCUT2D eigenvalue weighted by Gasteiger charge is 2.28. The molecule has 1 aliphatic carbocycles. The van der Waals surface area contributed by atoms with Gasteiger partial charge >= 0.3 is 0 Å². The lowest BCUT2D eigenvalue weighted by Gasteiger charge is -2.34. The number of nitrogens with zero attached hydrogens (tertiary/aromatic N) is 4. The number of thioether (sulfide) groups is 1. The fraction of sp³-hybridized carbons (Fsp3) is 0.833. The van der Waals surface area contributed by atoms with Crippen LogP contribution >= 0.6 is 11.8 Å². The molecule has 19 heavy (non-hydrogen) atoms. The molecule has 0 radical (unpaired) electrons. The number of carbonyl (C=O) groups is 1. The van der Waals surface area contributed by atoms with E-state index >= 15 is 0 Å². The predicted octanol–water partition coefficient (Wildman–Crippen LogP) is 1.24. The zero-order valence-electron chi connectivity index (χ0n) is 11.7. The summed E-state index contributed by atoms with van der Waals surface area (Å²) in [6, 6.07) is 0.314. The Morgan fingerprint density at radius 1 is 1.47 bits per heavy atom. The van der Waals surface area contributed by atoms with Crippen LogP contribution in [0.4, 0.5) is 0 Å². The van der Waals surface area contributed by atoms with Gasteiger partial charge in [0.05, 0.1) is 5.75 Å². The Labute approximate surface area is 117 Å². The van der Waals surface area contributed by atoms with Crippen LogP contribution in [0.25, 0.3) is 0 Å². The molecular weight excluding hydrogens is 262 g/mol. The molecule has 1 N–H and O–H groups in total. The normalized spacial score (nSPS) is 27.2. The second-order valence-corrected chi connectivity index (χ2v) is 6.26. The monoisotopic (exact) mass is 283 g/mol. The van der Waals surface area contributed by atoms with Gasteiger partial charge in [-0.1, -0.05) is 38.5 Å². The van der Waals surface area contributed by atoms with E-state index < -0.39 is 0 Å². The highest BCUT2D eigenvalue weighted by molar-refractivity contribution is 7.99. The lowest BCUT2D eigenvalue weighted by atomic mass is 9.78. The molecule has 0 aliphatic heterocycles. The Balaban J connectivity index is 1.79. The second-order valence-electron chi connectivity index (χ2n) is 5.32. The molecular formula is C12H21N5OS. The number of rotatable bonds is 4. The van der Waals surface area contributed by atoms with Crippen LogP contribution < -0.4 is 5.32 Å². The fourth-order valence-corrected chi connectivity index (χ4v) is 3.17. The van der Waals surface area contributed by atoms with Gasteiger partial charge in [0.1, 0.15) is 0 Å². The summed E-state index contributed by atoms with van der Waals surface area (Å²) in [6.45, 7) is 4.50. The average Bonchev–Trinajstić information content (AvgIpc) is 2.78. The highest BCUT2D eigenvalue weighted by Crippen LogP contribution is 2.29. The number of aryl methyl sites for hydroxylation is 1. The number of carbonyl (C=O) groups excluding carboxylic acids is 1. The summed E-state index contributed by atoms with van der Waals surface area (Å²) in [5.41, 5.74) is 0. The minimum Gasteiger partial charge on any atom is -0.352 e. The van der Waals surface area contributed by atoms with E-state index in [1.54, 1.807) is 11.7 Å². The third kappa shape index (κ3) is 3.68. The van der Waals surface area contributed by atoms with Crippen molar-refractivity contribution in [3.63, 3.8) is 0 Å². The van der Waals surface area contributed by atoms with Crippen molar-refractivity contribution in [1.29, 1.82) is 0 Å². The van der Waals surface area contributed by atoms with Crippen molar-refractivity contribution in [2.24, 2.45) is 18.9 Å². The zero-order chi connectivity index (χ0) is 13.8. The van der Waals surface area contributed by atoms with Crippen LogP contribution in [-0.4, -0.2) is 37.9 Å². The molecule has 106 valence electrons. The van der Waals surface area contributed by atoms with Crippen LogP contribution in [0.1, 0.15) is 33.1 Å². The van der Waals surface area contributed by atoms with Crippen molar-refractivity contribution in [2.75, 3.05) is 5.75 Å². The molecule has 1 aliphatic rings. The van der Waals surface area contributed by atoms with Crippen molar-refractivity contribution in [3.8, 4) is 0 Å². The standard InChI is InChI=1S/C12H21N5OS/c1-8-5-4-6-10(9(8)2)13-11(18)7-19-12-14-15-16-17(12)3/h8-10H,4-7H2,1-3H3,(H,13,18)/t8-,9-,10+/m1/s1. The molecule has 1 aromatic heterocycles. The maximum Gasteiger partial charge on any atom is 0.230 e. The summed E-state index contributed by atoms with van der Waals surface area (Å²) in [4.78, 5) is 12.0. The van der Waals surface area contributed by atoms with E-state index in [2.05, 4.69) is 34.7 Å². The minimum absolute atomic E-state index is 0.0685. The quantitative estimate of drug-likeness (QED) is 0.842. The Bertz CT molecular complexity index is 436. The van der Waals surface area contributed by atoms with Crippen molar-refractivity contribution in [1.82, 2.24) is 25.5 Å². The first-order valence-corrected chi connectivity index (χ1v) is 7.71. The summed E-state index contributed by atoms with van der Waals surface area (Å²) in [7, 11) is 1.77. The summed E-state index contributed by atoms with van der Waals surface area (Å²) < 4.78 is 1.57. The van der Waals surface area contributed by atoms with E-state index in [1.807, 2.05) is 0 Å². The van der Waals surface area contributed by atoms with Gasteiger partial charge in [-0.15, -0.1) is 5.10 Å². The maximum atomic E-state index is 12.0. The third-order valence-corrected chi connectivity index (χ3v) is 4.98. The highest BCUT2D eigenvalue weighted by atomic mass is 32.2. The first-order valence-electron chi connectivity index (χ1n) is 6.72. The first-order chi connectivity index (χ1) is 9.08. The van der Waals surface area contributed by atoms with E-state index in [4.69, 9.17) is 0 Å². The Morgan fingerprint density at radius 2 is 2.26 bits per heavy atom. The van der Waals surface area contributed by atoms with Crippen LogP contribution in [-0.2, 0) is 11.8 Å². The summed E-state index contributed by atoms with van der Waals surface area (Å²) in [6.07, 6.45) is 3.57. The lowest BCUT2D eigenvalue weighted by Crippen LogP contribution is -2.44. The third-order valence-electron chi connectivity index (χ3n) is 3.97. The molecule has 0 unspecified atom stereocenters. The van der Waals surface area contributed by atoms with Crippen molar-refractivity contribution in [2.45, 2.75) is 44.3 Å². The van der Waals surface area contributed by atoms with E-state index in [1.165, 1.54) is 24.6 Å². The summed E-state index contributed by atoms with van der Waals surface area (Å²) >= 11 is 1.37. The van der Waals surface area contributed by atoms with Gasteiger partial charge in [0.15, 0.2) is 0 Å². The van der Waals surface area contributed by atoms with E-state index in [0.717, 1.165) is 6.42 Å². The van der Waals surface area contributed by atoms with Gasteiger partial charge in [0.25, 0.3) is 0 Å². The predicted molar refractivity (Wildman–Crippen MR) is 73.6 cm³/mol. The van der Waals surface area contributed by atoms with Crippen molar-refractivity contribution in [3.05, 3.63) is 0 Å². The number of hydrogen-bond donors (Lipinski definition) is 1. The van der Waals surface area contributed by atoms with Crippen molar-refractivity contribution >= 4 is 17.7 Å². The Hall–Kier alpha value is -1.11. The lowest BCUT2D eigenvalue weighted by molar-refractivity contribution is -0.120. The first kappa shape index (κ1) is 14.3. The van der Waals surface area contributed by atoms with Crippen LogP contribution in [0.3, 0.4) is 0 Å². The van der Waals surface area contributed by atoms with Gasteiger partial charge < -0.3 is 5.32 Å². The largest absolute Gasteiger partial charge is 0.352 e. The molecule has 0 saturated heterocycles. The summed E-state index contributed by atoms with van der Waals surface area (Å²) in [5.74, 6) is 1.68. The molecule has 0 spiro atoms. The van der Waals surface area contributed by atoms with Gasteiger partial charge in [-0.05, 0) is 28.7 Å². The molecule has 1 aromatic rings. The number of aromatic nitrogens is 4. The number of amides is 1. The molecule has 2 rings (SSSR count). The van der Waals surface area contributed by atoms with E-state index in [9.17, 15) is 4.79 Å². The SMILES string of the molecule is C[C@@H]1[C@H](C)CCC[C@@H]1NC(=O)CSc1nnnn1C. The van der Waals surface area contributed by atoms with Crippen molar-refractivity contribution < 1.29 is 4.79 Å². The average molecular weight is 283 g/mol. The molecule has 0 aromatic carbocycles. The second kappa shape index (κ2) is 6.36. The van der Waals surface area contributed by atoms with Crippen LogP contribution in [0.5, 0.6) is 0 Å². The number of hydrogen-bond acceptors (Lipinski definition) is 5. The van der Waals surface area contributed by atoms with Gasteiger partial charge in [-0.2, -0.15) is 0 Å². The Morgan fingerprint density at radius 3 is 2.95 bits per heavy atom. The topological polar surface area (TPSA) is 72.7 Å². The van der Waals surface area contributed by atoms with Gasteiger partial charge in [-0.25, -0.2) is 4.68 Å². The molecule has 1 saturated carbocycles. The maximum absolute atomic E-state index is 12.0. The van der Waals surface area contributed by atoms with E-state index in [0.29, 0.717) is 28.8 Å². The van der Waals surface area contributed by atoms with Gasteiger partial charge in [0.2, 0.25) is 11.1 Å². The van der Waals surface area contributed by atoms with Crippen LogP contribution in [0.2, 0.25) is 0 Å². The summed E-state index contributed by atoms with van der Waals surface area (Å²) in [5, 5.41) is 14.9. The zero-order valence-corrected chi connectivity index (χ0v) is 12.5. The molecule has 1 heterocycles. The van der Waals surface area contributed by atoms with Gasteiger partial charge in [0, 0.05) is 13.1 Å². The molecule has 3 atom stereocenters. The fourth-order valence-electron chi connectivity index (χ4n) is 2.51. The Kier molecular flexibility index (Phi) is 4.79.